The second-order valence-electron chi connectivity index (χ2n) is 8.97. The molecule has 4 rings (SSSR count). The van der Waals surface area contributed by atoms with Crippen LogP contribution in [-0.4, -0.2) is 45.7 Å². The number of pyridine rings is 2. The standard InChI is InChI=1S/C24H21BrF3N3O4S/c1-23(2,3)35-22(32)31-18-5-4-11-29-20(18)19(21(31)24(26,27)28)16-9-7-14-6-8-15(13-17(14)30-16)36(33,34)12-10-25/h4-9,11,13H,10,12H2,1-3H3. The van der Waals surface area contributed by atoms with Crippen LogP contribution in [0.3, 0.4) is 0 Å². The highest BCUT2D eigenvalue weighted by Crippen LogP contribution is 2.43. The van der Waals surface area contributed by atoms with Gasteiger partial charge in [-0.05, 0) is 51.1 Å². The minimum Gasteiger partial charge on any atom is -0.443 e. The smallest absolute Gasteiger partial charge is 0.432 e. The Morgan fingerprint density at radius 3 is 2.44 bits per heavy atom. The summed E-state index contributed by atoms with van der Waals surface area (Å²) in [5.41, 5.74) is -2.84. The van der Waals surface area contributed by atoms with Crippen molar-refractivity contribution in [3.63, 3.8) is 0 Å². The minimum absolute atomic E-state index is 0.00412. The summed E-state index contributed by atoms with van der Waals surface area (Å²) in [7, 11) is -3.61. The van der Waals surface area contributed by atoms with Gasteiger partial charge in [0.1, 0.15) is 11.3 Å². The van der Waals surface area contributed by atoms with E-state index in [0.717, 1.165) is 0 Å². The molecule has 0 fully saturated rings. The fraction of sp³-hybridized carbons (Fsp3) is 0.292. The van der Waals surface area contributed by atoms with Gasteiger partial charge < -0.3 is 4.74 Å². The number of ether oxygens (including phenoxy) is 1. The number of carbonyl (C=O) groups is 1. The molecule has 190 valence electrons. The van der Waals surface area contributed by atoms with Gasteiger partial charge in [0.25, 0.3) is 0 Å². The molecular weight excluding hydrogens is 563 g/mol. The number of halogens is 4. The number of aromatic nitrogens is 3. The second-order valence-corrected chi connectivity index (χ2v) is 11.9. The molecular formula is C24H21BrF3N3O4S. The van der Waals surface area contributed by atoms with Crippen LogP contribution >= 0.6 is 15.9 Å². The van der Waals surface area contributed by atoms with Crippen molar-refractivity contribution in [2.45, 2.75) is 37.4 Å². The van der Waals surface area contributed by atoms with E-state index < -0.39 is 39.0 Å². The molecule has 7 nitrogen and oxygen atoms in total. The van der Waals surface area contributed by atoms with Crippen LogP contribution in [0.5, 0.6) is 0 Å². The molecule has 3 heterocycles. The molecule has 36 heavy (non-hydrogen) atoms. The van der Waals surface area contributed by atoms with Crippen LogP contribution in [0.25, 0.3) is 33.2 Å². The Bertz CT molecular complexity index is 1590. The Morgan fingerprint density at radius 1 is 1.11 bits per heavy atom. The molecule has 0 bridgehead atoms. The van der Waals surface area contributed by atoms with E-state index in [9.17, 15) is 26.4 Å². The average molecular weight is 584 g/mol. The summed E-state index contributed by atoms with van der Waals surface area (Å²) in [5, 5.41) is 0.764. The number of sulfone groups is 1. The Hall–Kier alpha value is -2.99. The Morgan fingerprint density at radius 2 is 1.81 bits per heavy atom. The van der Waals surface area contributed by atoms with Crippen molar-refractivity contribution in [3.05, 3.63) is 54.4 Å². The van der Waals surface area contributed by atoms with Crippen molar-refractivity contribution in [1.29, 1.82) is 0 Å². The van der Waals surface area contributed by atoms with Crippen LogP contribution in [0.15, 0.2) is 53.6 Å². The predicted octanol–water partition coefficient (Wildman–Crippen LogP) is 6.22. The Balaban J connectivity index is 2.02. The number of hydrogen-bond donors (Lipinski definition) is 0. The van der Waals surface area contributed by atoms with Gasteiger partial charge in [0.2, 0.25) is 0 Å². The predicted molar refractivity (Wildman–Crippen MR) is 133 cm³/mol. The first kappa shape index (κ1) is 26.1. The SMILES string of the molecule is CC(C)(C)OC(=O)n1c(C(F)(F)F)c(-c2ccc3ccc(S(=O)(=O)CCBr)cc3n2)c2ncccc21. The molecule has 12 heteroatoms. The number of hydrogen-bond acceptors (Lipinski definition) is 6. The van der Waals surface area contributed by atoms with E-state index in [1.807, 2.05) is 0 Å². The highest BCUT2D eigenvalue weighted by atomic mass is 79.9. The number of fused-ring (bicyclic) bond motifs is 2. The van der Waals surface area contributed by atoms with Crippen molar-refractivity contribution in [2.24, 2.45) is 0 Å². The Labute approximate surface area is 213 Å². The zero-order chi connectivity index (χ0) is 26.5. The van der Waals surface area contributed by atoms with Crippen LogP contribution in [0.4, 0.5) is 18.0 Å². The van der Waals surface area contributed by atoms with Gasteiger partial charge in [0.05, 0.1) is 38.5 Å². The molecule has 0 N–H and O–H groups in total. The molecule has 0 saturated carbocycles. The summed E-state index contributed by atoms with van der Waals surface area (Å²) in [6.07, 6.45) is -4.86. The number of nitrogens with zero attached hydrogens (tertiary/aromatic N) is 3. The lowest BCUT2D eigenvalue weighted by Gasteiger charge is -2.21. The van der Waals surface area contributed by atoms with Gasteiger partial charge in [-0.3, -0.25) is 4.98 Å². The zero-order valence-corrected chi connectivity index (χ0v) is 21.8. The maximum Gasteiger partial charge on any atom is 0.432 e. The van der Waals surface area contributed by atoms with Gasteiger partial charge in [-0.15, -0.1) is 0 Å². The molecule has 0 aliphatic heterocycles. The van der Waals surface area contributed by atoms with Gasteiger partial charge >= 0.3 is 12.3 Å². The maximum atomic E-state index is 14.5. The average Bonchev–Trinajstić information content (AvgIpc) is 3.13. The van der Waals surface area contributed by atoms with Crippen LogP contribution in [-0.2, 0) is 20.8 Å². The highest BCUT2D eigenvalue weighted by molar-refractivity contribution is 9.09. The molecule has 0 unspecified atom stereocenters. The number of carbonyl (C=O) groups excluding carboxylic acids is 1. The third kappa shape index (κ3) is 4.96. The summed E-state index contributed by atoms with van der Waals surface area (Å²) < 4.78 is 74.2. The molecule has 3 aromatic heterocycles. The quantitative estimate of drug-likeness (QED) is 0.265. The van der Waals surface area contributed by atoms with E-state index >= 15 is 0 Å². The van der Waals surface area contributed by atoms with Gasteiger partial charge in [0.15, 0.2) is 9.84 Å². The molecule has 0 spiro atoms. The molecule has 0 aliphatic carbocycles. The van der Waals surface area contributed by atoms with Crippen molar-refractivity contribution >= 4 is 53.8 Å². The van der Waals surface area contributed by atoms with E-state index in [2.05, 4.69) is 25.9 Å². The van der Waals surface area contributed by atoms with Crippen molar-refractivity contribution in [3.8, 4) is 11.3 Å². The lowest BCUT2D eigenvalue weighted by atomic mass is 10.1. The lowest BCUT2D eigenvalue weighted by molar-refractivity contribution is -0.142. The van der Waals surface area contributed by atoms with E-state index in [4.69, 9.17) is 4.74 Å². The molecule has 0 aliphatic rings. The van der Waals surface area contributed by atoms with Crippen molar-refractivity contribution < 1.29 is 31.1 Å². The second kappa shape index (κ2) is 9.15. The summed E-state index contributed by atoms with van der Waals surface area (Å²) in [5.74, 6) is -0.149. The van der Waals surface area contributed by atoms with E-state index in [1.165, 1.54) is 42.6 Å². The van der Waals surface area contributed by atoms with Gasteiger partial charge in [-0.25, -0.2) is 22.8 Å². The summed E-state index contributed by atoms with van der Waals surface area (Å²) in [4.78, 5) is 21.4. The van der Waals surface area contributed by atoms with Crippen LogP contribution in [0.2, 0.25) is 0 Å². The minimum atomic E-state index is -4.97. The highest BCUT2D eigenvalue weighted by Gasteiger charge is 2.43. The molecule has 1 aromatic carbocycles. The normalized spacial score (nSPS) is 12.9. The molecule has 0 atom stereocenters. The van der Waals surface area contributed by atoms with Crippen molar-refractivity contribution in [2.75, 3.05) is 11.1 Å². The molecule has 4 aromatic rings. The fourth-order valence-electron chi connectivity index (χ4n) is 3.77. The molecule has 0 saturated heterocycles. The maximum absolute atomic E-state index is 14.5. The largest absolute Gasteiger partial charge is 0.443 e. The summed E-state index contributed by atoms with van der Waals surface area (Å²) in [6.45, 7) is 4.65. The third-order valence-electron chi connectivity index (χ3n) is 5.19. The summed E-state index contributed by atoms with van der Waals surface area (Å²) in [6, 6.07) is 9.98. The summed E-state index contributed by atoms with van der Waals surface area (Å²) >= 11 is 3.11. The van der Waals surface area contributed by atoms with E-state index in [1.54, 1.807) is 26.8 Å². The van der Waals surface area contributed by atoms with E-state index in [0.29, 0.717) is 9.95 Å². The number of alkyl halides is 4. The number of benzene rings is 1. The van der Waals surface area contributed by atoms with E-state index in [-0.39, 0.29) is 38.2 Å². The first-order chi connectivity index (χ1) is 16.7. The van der Waals surface area contributed by atoms with Crippen molar-refractivity contribution in [1.82, 2.24) is 14.5 Å². The lowest BCUT2D eigenvalue weighted by Crippen LogP contribution is -2.29. The molecule has 0 amide bonds. The van der Waals surface area contributed by atoms with Crippen LogP contribution < -0.4 is 0 Å². The van der Waals surface area contributed by atoms with Gasteiger partial charge in [-0.1, -0.05) is 28.1 Å². The fourth-order valence-corrected chi connectivity index (χ4v) is 6.06. The zero-order valence-electron chi connectivity index (χ0n) is 19.4. The third-order valence-corrected chi connectivity index (χ3v) is 7.83. The Kier molecular flexibility index (Phi) is 6.63. The van der Waals surface area contributed by atoms with Gasteiger partial charge in [0, 0.05) is 16.9 Å². The molecule has 0 radical (unpaired) electrons. The van der Waals surface area contributed by atoms with Gasteiger partial charge in [-0.2, -0.15) is 13.2 Å². The first-order valence-corrected chi connectivity index (χ1v) is 13.5. The van der Waals surface area contributed by atoms with Crippen LogP contribution in [0.1, 0.15) is 26.5 Å². The van der Waals surface area contributed by atoms with Crippen LogP contribution in [0, 0.1) is 0 Å². The first-order valence-electron chi connectivity index (χ1n) is 10.7. The topological polar surface area (TPSA) is 91.2 Å². The number of rotatable bonds is 4. The monoisotopic (exact) mass is 583 g/mol.